The van der Waals surface area contributed by atoms with Crippen molar-refractivity contribution < 1.29 is 28.5 Å². The van der Waals surface area contributed by atoms with Crippen molar-refractivity contribution in [1.82, 2.24) is 0 Å². The lowest BCUT2D eigenvalue weighted by molar-refractivity contribution is -0.0732. The maximum atomic E-state index is 12.1. The molecule has 6 nitrogen and oxygen atoms in total. The quantitative estimate of drug-likeness (QED) is 0.414. The molecule has 3 unspecified atom stereocenters. The molecule has 0 aliphatic heterocycles. The zero-order chi connectivity index (χ0) is 20.1. The molecule has 0 saturated heterocycles. The van der Waals surface area contributed by atoms with E-state index in [4.69, 9.17) is 18.9 Å². The number of hydrogen-bond acceptors (Lipinski definition) is 6. The molecule has 0 spiro atoms. The van der Waals surface area contributed by atoms with Crippen molar-refractivity contribution in [1.29, 1.82) is 0 Å². The third-order valence-electron chi connectivity index (χ3n) is 5.03. The Hall–Kier alpha value is -1.46. The normalized spacial score (nSPS) is 20.8. The molecule has 1 aliphatic carbocycles. The second-order valence-corrected chi connectivity index (χ2v) is 7.86. The van der Waals surface area contributed by atoms with Gasteiger partial charge in [-0.15, -0.1) is 0 Å². The number of ether oxygens (including phenoxy) is 4. The van der Waals surface area contributed by atoms with Gasteiger partial charge in [0, 0.05) is 0 Å². The molecular weight excluding hydrogens is 348 g/mol. The Bertz CT molecular complexity index is 423. The van der Waals surface area contributed by atoms with E-state index in [-0.39, 0.29) is 0 Å². The summed E-state index contributed by atoms with van der Waals surface area (Å²) in [4.78, 5) is 23.9. The molecule has 0 radical (unpaired) electrons. The minimum atomic E-state index is -0.685. The summed E-state index contributed by atoms with van der Waals surface area (Å²) in [5, 5.41) is 0. The highest BCUT2D eigenvalue weighted by Crippen LogP contribution is 2.25. The number of carbonyl (C=O) groups excluding carboxylic acids is 2. The largest absolute Gasteiger partial charge is 0.508 e. The van der Waals surface area contributed by atoms with Crippen molar-refractivity contribution in [2.75, 3.05) is 13.2 Å². The monoisotopic (exact) mass is 386 g/mol. The second kappa shape index (κ2) is 13.7. The van der Waals surface area contributed by atoms with Gasteiger partial charge in [0.1, 0.15) is 12.2 Å². The number of carbonyl (C=O) groups is 2. The Balaban J connectivity index is 2.38. The Labute approximate surface area is 164 Å². The van der Waals surface area contributed by atoms with Crippen molar-refractivity contribution in [3.8, 4) is 0 Å². The van der Waals surface area contributed by atoms with Gasteiger partial charge < -0.3 is 18.9 Å². The second-order valence-electron chi connectivity index (χ2n) is 7.86. The van der Waals surface area contributed by atoms with E-state index in [0.717, 1.165) is 44.9 Å². The number of unbranched alkanes of at least 4 members (excludes halogenated alkanes) is 1. The Morgan fingerprint density at radius 3 is 2.04 bits per heavy atom. The van der Waals surface area contributed by atoms with E-state index in [1.165, 1.54) is 0 Å². The SMILES string of the molecule is CCCCC(CC)COC(=O)OC1CCCCC1OC(=O)OCCC(C)C. The van der Waals surface area contributed by atoms with Gasteiger partial charge in [-0.2, -0.15) is 0 Å². The lowest BCUT2D eigenvalue weighted by atomic mass is 9.95. The lowest BCUT2D eigenvalue weighted by Gasteiger charge is -2.30. The fourth-order valence-corrected chi connectivity index (χ4v) is 3.11. The molecule has 0 aromatic carbocycles. The summed E-state index contributed by atoms with van der Waals surface area (Å²) in [6.45, 7) is 9.11. The fourth-order valence-electron chi connectivity index (χ4n) is 3.11. The molecule has 6 heteroatoms. The van der Waals surface area contributed by atoms with Crippen LogP contribution in [0.1, 0.15) is 85.5 Å². The molecule has 0 aromatic rings. The van der Waals surface area contributed by atoms with Crippen LogP contribution in [0.25, 0.3) is 0 Å². The molecule has 0 bridgehead atoms. The average Bonchev–Trinajstić information content (AvgIpc) is 2.63. The van der Waals surface area contributed by atoms with Crippen molar-refractivity contribution in [2.45, 2.75) is 97.7 Å². The first-order chi connectivity index (χ1) is 13.0. The Kier molecular flexibility index (Phi) is 11.9. The first-order valence-corrected chi connectivity index (χ1v) is 10.6. The molecule has 0 heterocycles. The van der Waals surface area contributed by atoms with E-state index in [1.54, 1.807) is 0 Å². The van der Waals surface area contributed by atoms with E-state index in [2.05, 4.69) is 27.7 Å². The zero-order valence-corrected chi connectivity index (χ0v) is 17.5. The summed E-state index contributed by atoms with van der Waals surface area (Å²) >= 11 is 0. The van der Waals surface area contributed by atoms with Gasteiger partial charge in [-0.3, -0.25) is 0 Å². The van der Waals surface area contributed by atoms with Crippen molar-refractivity contribution in [3.05, 3.63) is 0 Å². The third-order valence-corrected chi connectivity index (χ3v) is 5.03. The summed E-state index contributed by atoms with van der Waals surface area (Å²) in [6, 6.07) is 0. The smallest absolute Gasteiger partial charge is 0.434 e. The summed E-state index contributed by atoms with van der Waals surface area (Å²) in [5.74, 6) is 0.828. The number of hydrogen-bond donors (Lipinski definition) is 0. The highest BCUT2D eigenvalue weighted by Gasteiger charge is 2.32. The average molecular weight is 387 g/mol. The van der Waals surface area contributed by atoms with E-state index < -0.39 is 24.5 Å². The van der Waals surface area contributed by atoms with Crippen LogP contribution in [0.3, 0.4) is 0 Å². The fraction of sp³-hybridized carbons (Fsp3) is 0.905. The summed E-state index contributed by atoms with van der Waals surface area (Å²) in [7, 11) is 0. The van der Waals surface area contributed by atoms with Crippen LogP contribution in [0.5, 0.6) is 0 Å². The van der Waals surface area contributed by atoms with Crippen LogP contribution in [0, 0.1) is 11.8 Å². The van der Waals surface area contributed by atoms with Crippen LogP contribution < -0.4 is 0 Å². The summed E-state index contributed by atoms with van der Waals surface area (Å²) in [6.07, 6.45) is 6.04. The third kappa shape index (κ3) is 10.5. The molecule has 1 saturated carbocycles. The maximum absolute atomic E-state index is 12.1. The topological polar surface area (TPSA) is 71.1 Å². The van der Waals surface area contributed by atoms with Crippen molar-refractivity contribution in [2.24, 2.45) is 11.8 Å². The maximum Gasteiger partial charge on any atom is 0.508 e. The molecule has 3 atom stereocenters. The zero-order valence-electron chi connectivity index (χ0n) is 17.5. The number of rotatable bonds is 11. The molecule has 1 rings (SSSR count). The molecule has 158 valence electrons. The first kappa shape index (κ1) is 23.6. The molecule has 0 amide bonds. The van der Waals surface area contributed by atoms with Gasteiger partial charge in [0.25, 0.3) is 0 Å². The van der Waals surface area contributed by atoms with Gasteiger partial charge in [-0.25, -0.2) is 9.59 Å². The molecule has 1 aliphatic rings. The standard InChI is InChI=1S/C21H38O6/c1-5-7-10-17(6-2)15-25-21(23)27-19-12-9-8-11-18(19)26-20(22)24-14-13-16(3)4/h16-19H,5-15H2,1-4H3. The van der Waals surface area contributed by atoms with Gasteiger partial charge in [-0.05, 0) is 50.4 Å². The van der Waals surface area contributed by atoms with Crippen LogP contribution in [0.2, 0.25) is 0 Å². The predicted octanol–water partition coefficient (Wildman–Crippen LogP) is 5.87. The molecule has 27 heavy (non-hydrogen) atoms. The van der Waals surface area contributed by atoms with Gasteiger partial charge in [0.2, 0.25) is 0 Å². The van der Waals surface area contributed by atoms with Crippen molar-refractivity contribution >= 4 is 12.3 Å². The van der Waals surface area contributed by atoms with Crippen LogP contribution in [-0.2, 0) is 18.9 Å². The molecule has 0 aromatic heterocycles. The van der Waals surface area contributed by atoms with Crippen LogP contribution in [-0.4, -0.2) is 37.7 Å². The minimum Gasteiger partial charge on any atom is -0.434 e. The lowest BCUT2D eigenvalue weighted by Crippen LogP contribution is -2.38. The van der Waals surface area contributed by atoms with E-state index in [1.807, 2.05) is 0 Å². The van der Waals surface area contributed by atoms with Gasteiger partial charge in [0.05, 0.1) is 13.2 Å². The Morgan fingerprint density at radius 1 is 0.926 bits per heavy atom. The van der Waals surface area contributed by atoms with Gasteiger partial charge in [0.15, 0.2) is 0 Å². The highest BCUT2D eigenvalue weighted by atomic mass is 16.8. The van der Waals surface area contributed by atoms with Gasteiger partial charge >= 0.3 is 12.3 Å². The Morgan fingerprint density at radius 2 is 1.52 bits per heavy atom. The minimum absolute atomic E-state index is 0.340. The first-order valence-electron chi connectivity index (χ1n) is 10.6. The summed E-state index contributed by atoms with van der Waals surface area (Å²) in [5.41, 5.74) is 0. The van der Waals surface area contributed by atoms with Gasteiger partial charge in [-0.1, -0.05) is 47.0 Å². The predicted molar refractivity (Wildman–Crippen MR) is 104 cm³/mol. The van der Waals surface area contributed by atoms with Crippen LogP contribution in [0.15, 0.2) is 0 Å². The molecular formula is C21H38O6. The highest BCUT2D eigenvalue weighted by molar-refractivity contribution is 5.61. The van der Waals surface area contributed by atoms with Crippen LogP contribution >= 0.6 is 0 Å². The van der Waals surface area contributed by atoms with Crippen molar-refractivity contribution in [3.63, 3.8) is 0 Å². The summed E-state index contributed by atoms with van der Waals surface area (Å²) < 4.78 is 21.3. The molecule has 0 N–H and O–H groups in total. The van der Waals surface area contributed by atoms with Crippen LogP contribution in [0.4, 0.5) is 9.59 Å². The van der Waals surface area contributed by atoms with E-state index in [0.29, 0.717) is 37.9 Å². The molecule has 1 fully saturated rings. The van der Waals surface area contributed by atoms with E-state index in [9.17, 15) is 9.59 Å². The van der Waals surface area contributed by atoms with E-state index >= 15 is 0 Å².